The van der Waals surface area contributed by atoms with Crippen LogP contribution in [-0.4, -0.2) is 6.29 Å². The number of carbonyl (C=O) groups excluding carboxylic acids is 1. The van der Waals surface area contributed by atoms with E-state index in [2.05, 4.69) is 0 Å². The number of carbonyl (C=O) groups is 1. The van der Waals surface area contributed by atoms with Gasteiger partial charge in [-0.05, 0) is 23.8 Å². The van der Waals surface area contributed by atoms with Gasteiger partial charge < -0.3 is 9.15 Å². The van der Waals surface area contributed by atoms with Crippen LogP contribution in [0.2, 0.25) is 0 Å². The minimum Gasteiger partial charge on any atom is -0.488 e. The lowest BCUT2D eigenvalue weighted by atomic mass is 10.1. The Kier molecular flexibility index (Phi) is 4.05. The second-order valence-electron chi connectivity index (χ2n) is 5.76. The molecule has 25 heavy (non-hydrogen) atoms. The highest BCUT2D eigenvalue weighted by atomic mass is 16.5. The Hall–Kier alpha value is -3.33. The van der Waals surface area contributed by atoms with E-state index < -0.39 is 0 Å². The van der Waals surface area contributed by atoms with Crippen molar-refractivity contribution in [3.8, 4) is 17.1 Å². The van der Waals surface area contributed by atoms with Gasteiger partial charge in [0.2, 0.25) is 0 Å². The van der Waals surface area contributed by atoms with E-state index in [0.29, 0.717) is 23.5 Å². The van der Waals surface area contributed by atoms with Gasteiger partial charge in [0.1, 0.15) is 23.7 Å². The third-order valence-electron chi connectivity index (χ3n) is 4.12. The Balaban J connectivity index is 1.70. The zero-order chi connectivity index (χ0) is 17.1. The molecule has 0 aliphatic rings. The van der Waals surface area contributed by atoms with Gasteiger partial charge in [-0.1, -0.05) is 60.7 Å². The largest absolute Gasteiger partial charge is 0.488 e. The minimum atomic E-state index is 0.413. The van der Waals surface area contributed by atoms with Crippen LogP contribution >= 0.6 is 0 Å². The van der Waals surface area contributed by atoms with E-state index in [1.165, 1.54) is 0 Å². The van der Waals surface area contributed by atoms with E-state index in [1.54, 1.807) is 6.07 Å². The van der Waals surface area contributed by atoms with Crippen molar-refractivity contribution in [2.24, 2.45) is 0 Å². The molecule has 3 nitrogen and oxygen atoms in total. The molecule has 0 aliphatic carbocycles. The highest BCUT2D eigenvalue weighted by Gasteiger charge is 2.14. The molecule has 3 aromatic carbocycles. The molecule has 0 spiro atoms. The van der Waals surface area contributed by atoms with E-state index in [-0.39, 0.29) is 0 Å². The fourth-order valence-electron chi connectivity index (χ4n) is 2.84. The first-order valence-corrected chi connectivity index (χ1v) is 8.09. The summed E-state index contributed by atoms with van der Waals surface area (Å²) in [4.78, 5) is 11.7. The Morgan fingerprint density at radius 2 is 1.60 bits per heavy atom. The number of benzene rings is 3. The van der Waals surface area contributed by atoms with Crippen molar-refractivity contribution in [1.82, 2.24) is 0 Å². The molecule has 122 valence electrons. The molecule has 0 amide bonds. The molecule has 4 rings (SSSR count). The van der Waals surface area contributed by atoms with Crippen LogP contribution in [0.1, 0.15) is 15.9 Å². The maximum absolute atomic E-state index is 11.7. The van der Waals surface area contributed by atoms with Crippen LogP contribution in [0.25, 0.3) is 22.3 Å². The van der Waals surface area contributed by atoms with Crippen LogP contribution in [0.3, 0.4) is 0 Å². The summed E-state index contributed by atoms with van der Waals surface area (Å²) in [6.07, 6.45) is 0.826. The summed E-state index contributed by atoms with van der Waals surface area (Å²) in [5, 5.41) is 0.763. The van der Waals surface area contributed by atoms with Gasteiger partial charge in [-0.25, -0.2) is 0 Å². The van der Waals surface area contributed by atoms with Crippen LogP contribution in [0.4, 0.5) is 0 Å². The van der Waals surface area contributed by atoms with E-state index in [1.807, 2.05) is 72.8 Å². The van der Waals surface area contributed by atoms with Crippen molar-refractivity contribution in [2.45, 2.75) is 6.61 Å². The molecule has 0 aliphatic heterocycles. The van der Waals surface area contributed by atoms with Crippen LogP contribution in [0.15, 0.2) is 83.3 Å². The molecule has 0 atom stereocenters. The van der Waals surface area contributed by atoms with Gasteiger partial charge in [0.05, 0.1) is 5.56 Å². The van der Waals surface area contributed by atoms with Crippen LogP contribution in [0.5, 0.6) is 5.75 Å². The molecule has 0 bridgehead atoms. The van der Waals surface area contributed by atoms with Crippen molar-refractivity contribution in [1.29, 1.82) is 0 Å². The zero-order valence-electron chi connectivity index (χ0n) is 13.5. The lowest BCUT2D eigenvalue weighted by Crippen LogP contribution is -1.98. The number of ether oxygens (including phenoxy) is 1. The monoisotopic (exact) mass is 328 g/mol. The topological polar surface area (TPSA) is 39.4 Å². The van der Waals surface area contributed by atoms with Gasteiger partial charge in [0.25, 0.3) is 0 Å². The Bertz CT molecular complexity index is 1000. The van der Waals surface area contributed by atoms with Crippen molar-refractivity contribution < 1.29 is 13.9 Å². The SMILES string of the molecule is O=Cc1c(OCc2ccccc2)ccc2oc(-c3ccccc3)cc12. The summed E-state index contributed by atoms with van der Waals surface area (Å²) < 4.78 is 11.8. The lowest BCUT2D eigenvalue weighted by molar-refractivity contribution is 0.112. The second kappa shape index (κ2) is 6.65. The zero-order valence-corrected chi connectivity index (χ0v) is 13.5. The standard InChI is InChI=1S/C22H16O3/c23-14-19-18-13-22(17-9-5-2-6-10-17)25-21(18)12-11-20(19)24-15-16-7-3-1-4-8-16/h1-14H,15H2. The van der Waals surface area contributed by atoms with Gasteiger partial charge in [-0.15, -0.1) is 0 Å². The first-order chi connectivity index (χ1) is 12.3. The summed E-state index contributed by atoms with van der Waals surface area (Å²) in [6, 6.07) is 25.2. The summed E-state index contributed by atoms with van der Waals surface area (Å²) in [5.41, 5.74) is 3.21. The third kappa shape index (κ3) is 3.04. The fourth-order valence-corrected chi connectivity index (χ4v) is 2.84. The first-order valence-electron chi connectivity index (χ1n) is 8.09. The molecule has 3 heteroatoms. The first kappa shape index (κ1) is 15.2. The van der Waals surface area contributed by atoms with Crippen LogP contribution in [-0.2, 0) is 6.61 Å². The molecule has 0 saturated carbocycles. The highest BCUT2D eigenvalue weighted by Crippen LogP contribution is 2.33. The molecule has 0 saturated heterocycles. The number of fused-ring (bicyclic) bond motifs is 1. The number of rotatable bonds is 5. The molecule has 1 heterocycles. The van der Waals surface area contributed by atoms with Crippen molar-refractivity contribution in [3.63, 3.8) is 0 Å². The smallest absolute Gasteiger partial charge is 0.154 e. The molecule has 0 radical (unpaired) electrons. The third-order valence-corrected chi connectivity index (χ3v) is 4.12. The summed E-state index contributed by atoms with van der Waals surface area (Å²) >= 11 is 0. The molecule has 0 unspecified atom stereocenters. The molecular weight excluding hydrogens is 312 g/mol. The maximum Gasteiger partial charge on any atom is 0.154 e. The lowest BCUT2D eigenvalue weighted by Gasteiger charge is -2.08. The Morgan fingerprint density at radius 1 is 0.880 bits per heavy atom. The quantitative estimate of drug-likeness (QED) is 0.455. The maximum atomic E-state index is 11.7. The summed E-state index contributed by atoms with van der Waals surface area (Å²) in [6.45, 7) is 0.413. The van der Waals surface area contributed by atoms with Crippen LogP contribution in [0, 0.1) is 0 Å². The van der Waals surface area contributed by atoms with Gasteiger partial charge in [0.15, 0.2) is 6.29 Å². The van der Waals surface area contributed by atoms with Gasteiger partial charge in [-0.2, -0.15) is 0 Å². The van der Waals surface area contributed by atoms with E-state index in [4.69, 9.17) is 9.15 Å². The summed E-state index contributed by atoms with van der Waals surface area (Å²) in [5.74, 6) is 1.30. The van der Waals surface area contributed by atoms with Gasteiger partial charge in [0, 0.05) is 10.9 Å². The average molecular weight is 328 g/mol. The predicted octanol–water partition coefficient (Wildman–Crippen LogP) is 5.49. The number of aldehydes is 1. The molecule has 1 aromatic heterocycles. The van der Waals surface area contributed by atoms with Crippen LogP contribution < -0.4 is 4.74 Å². The number of hydrogen-bond donors (Lipinski definition) is 0. The second-order valence-corrected chi connectivity index (χ2v) is 5.76. The molecule has 0 fully saturated rings. The molecule has 0 N–H and O–H groups in total. The van der Waals surface area contributed by atoms with E-state index in [9.17, 15) is 4.79 Å². The van der Waals surface area contributed by atoms with Gasteiger partial charge in [-0.3, -0.25) is 4.79 Å². The van der Waals surface area contributed by atoms with E-state index in [0.717, 1.165) is 28.6 Å². The number of furan rings is 1. The Morgan fingerprint density at radius 3 is 2.32 bits per heavy atom. The normalized spacial score (nSPS) is 10.7. The predicted molar refractivity (Wildman–Crippen MR) is 97.8 cm³/mol. The fraction of sp³-hybridized carbons (Fsp3) is 0.0455. The van der Waals surface area contributed by atoms with Gasteiger partial charge >= 0.3 is 0 Å². The molecule has 4 aromatic rings. The summed E-state index contributed by atoms with van der Waals surface area (Å²) in [7, 11) is 0. The van der Waals surface area contributed by atoms with Crippen molar-refractivity contribution >= 4 is 17.3 Å². The van der Waals surface area contributed by atoms with Crippen molar-refractivity contribution in [3.05, 3.63) is 90.0 Å². The Labute approximate surface area is 145 Å². The van der Waals surface area contributed by atoms with E-state index >= 15 is 0 Å². The van der Waals surface area contributed by atoms with Crippen molar-refractivity contribution in [2.75, 3.05) is 0 Å². The number of hydrogen-bond acceptors (Lipinski definition) is 3. The minimum absolute atomic E-state index is 0.413. The average Bonchev–Trinajstić information content (AvgIpc) is 3.12. The molecular formula is C22H16O3. The highest BCUT2D eigenvalue weighted by molar-refractivity contribution is 6.00.